The highest BCUT2D eigenvalue weighted by Crippen LogP contribution is 2.29. The molecule has 8 nitrogen and oxygen atoms in total. The number of carbonyl (C=O) groups is 1. The van der Waals surface area contributed by atoms with E-state index in [0.717, 1.165) is 43.1 Å². The maximum atomic E-state index is 12.2. The summed E-state index contributed by atoms with van der Waals surface area (Å²) in [6.45, 7) is 3.64. The number of methoxy groups -OCH3 is 1. The van der Waals surface area contributed by atoms with Crippen molar-refractivity contribution in [3.8, 4) is 5.75 Å². The number of hydrogen-bond donors (Lipinski definition) is 1. The second-order valence-electron chi connectivity index (χ2n) is 7.05. The van der Waals surface area contributed by atoms with Crippen molar-refractivity contribution in [3.63, 3.8) is 0 Å². The molecule has 0 bridgehead atoms. The largest absolute Gasteiger partial charge is 0.497 e. The predicted octanol–water partition coefficient (Wildman–Crippen LogP) is 1.14. The van der Waals surface area contributed by atoms with E-state index in [1.54, 1.807) is 13.3 Å². The van der Waals surface area contributed by atoms with Gasteiger partial charge in [0.25, 0.3) is 0 Å². The third-order valence-corrected chi connectivity index (χ3v) is 5.32. The van der Waals surface area contributed by atoms with E-state index in [9.17, 15) is 4.79 Å². The number of amides is 1. The summed E-state index contributed by atoms with van der Waals surface area (Å²) in [7, 11) is 1.64. The quantitative estimate of drug-likeness (QED) is 0.820. The highest BCUT2D eigenvalue weighted by Gasteiger charge is 2.36. The molecule has 0 aliphatic carbocycles. The number of carbonyl (C=O) groups excluding carboxylic acids is 1. The standard InChI is InChI=1S/C19H25N5O3/c1-26-16-4-2-14(3-5-16)10-20-19(25)7-9-23-8-6-18-17(12-23)24-15(13-27-18)11-21-22-24/h2-5,11,17-18H,6-10,12-13H2,1H3,(H,20,25)/t17-,18+/m1/s1. The number of nitrogens with one attached hydrogen (secondary N) is 1. The molecule has 0 radical (unpaired) electrons. The van der Waals surface area contributed by atoms with Crippen LogP contribution >= 0.6 is 0 Å². The van der Waals surface area contributed by atoms with Crippen molar-refractivity contribution in [1.82, 2.24) is 25.2 Å². The molecule has 1 amide bonds. The van der Waals surface area contributed by atoms with Gasteiger partial charge in [-0.1, -0.05) is 17.3 Å². The van der Waals surface area contributed by atoms with Crippen LogP contribution in [0.2, 0.25) is 0 Å². The van der Waals surface area contributed by atoms with Crippen LogP contribution in [-0.4, -0.2) is 58.6 Å². The number of fused-ring (bicyclic) bond motifs is 3. The van der Waals surface area contributed by atoms with E-state index in [1.807, 2.05) is 28.9 Å². The highest BCUT2D eigenvalue weighted by atomic mass is 16.5. The molecule has 27 heavy (non-hydrogen) atoms. The molecule has 1 aromatic heterocycles. The Bertz CT molecular complexity index is 776. The second-order valence-corrected chi connectivity index (χ2v) is 7.05. The average molecular weight is 371 g/mol. The molecule has 1 N–H and O–H groups in total. The van der Waals surface area contributed by atoms with Crippen molar-refractivity contribution < 1.29 is 14.3 Å². The first-order valence-electron chi connectivity index (χ1n) is 9.35. The van der Waals surface area contributed by atoms with Crippen molar-refractivity contribution in [2.45, 2.75) is 38.1 Å². The first-order valence-corrected chi connectivity index (χ1v) is 9.35. The zero-order valence-electron chi connectivity index (χ0n) is 15.5. The van der Waals surface area contributed by atoms with Gasteiger partial charge in [-0.3, -0.25) is 4.79 Å². The fourth-order valence-corrected chi connectivity index (χ4v) is 3.74. The molecule has 8 heteroatoms. The molecule has 4 rings (SSSR count). The third-order valence-electron chi connectivity index (χ3n) is 5.32. The van der Waals surface area contributed by atoms with Gasteiger partial charge in [-0.15, -0.1) is 5.10 Å². The minimum atomic E-state index is 0.0641. The molecule has 2 aliphatic heterocycles. The van der Waals surface area contributed by atoms with Gasteiger partial charge in [-0.05, 0) is 24.1 Å². The summed E-state index contributed by atoms with van der Waals surface area (Å²) < 4.78 is 13.1. The fourth-order valence-electron chi connectivity index (χ4n) is 3.74. The number of ether oxygens (including phenoxy) is 2. The van der Waals surface area contributed by atoms with E-state index in [0.29, 0.717) is 19.6 Å². The van der Waals surface area contributed by atoms with Gasteiger partial charge in [0.2, 0.25) is 5.91 Å². The number of likely N-dealkylation sites (tertiary alicyclic amines) is 1. The Balaban J connectivity index is 1.24. The molecule has 1 saturated heterocycles. The molecule has 2 aromatic rings. The zero-order valence-corrected chi connectivity index (χ0v) is 15.5. The third kappa shape index (κ3) is 4.12. The van der Waals surface area contributed by atoms with Crippen LogP contribution in [0.4, 0.5) is 0 Å². The fraction of sp³-hybridized carbons (Fsp3) is 0.526. The lowest BCUT2D eigenvalue weighted by Gasteiger charge is -2.40. The average Bonchev–Trinajstić information content (AvgIpc) is 3.20. The summed E-state index contributed by atoms with van der Waals surface area (Å²) in [4.78, 5) is 14.5. The Morgan fingerprint density at radius 1 is 1.37 bits per heavy atom. The highest BCUT2D eigenvalue weighted by molar-refractivity contribution is 5.76. The summed E-state index contributed by atoms with van der Waals surface area (Å²) in [5, 5.41) is 11.2. The number of hydrogen-bond acceptors (Lipinski definition) is 6. The topological polar surface area (TPSA) is 81.5 Å². The van der Waals surface area contributed by atoms with Gasteiger partial charge in [0.05, 0.1) is 37.8 Å². The molecule has 3 heterocycles. The SMILES string of the molecule is COc1ccc(CNC(=O)CCN2CC[C@@H]3OCc4cnnn4[C@@H]3C2)cc1. The first-order chi connectivity index (χ1) is 13.2. The number of rotatable bonds is 6. The Morgan fingerprint density at radius 3 is 3.04 bits per heavy atom. The van der Waals surface area contributed by atoms with Crippen LogP contribution in [0, 0.1) is 0 Å². The van der Waals surface area contributed by atoms with Gasteiger partial charge in [0.1, 0.15) is 5.75 Å². The molecule has 0 unspecified atom stereocenters. The van der Waals surface area contributed by atoms with Crippen LogP contribution in [0.1, 0.15) is 30.1 Å². The van der Waals surface area contributed by atoms with Gasteiger partial charge in [0, 0.05) is 32.6 Å². The molecule has 144 valence electrons. The summed E-state index contributed by atoms with van der Waals surface area (Å²) >= 11 is 0. The second kappa shape index (κ2) is 8.06. The Labute approximate surface area is 158 Å². The summed E-state index contributed by atoms with van der Waals surface area (Å²) in [5.41, 5.74) is 2.08. The lowest BCUT2D eigenvalue weighted by molar-refractivity contribution is -0.122. The minimum absolute atomic E-state index is 0.0641. The van der Waals surface area contributed by atoms with E-state index in [4.69, 9.17) is 9.47 Å². The zero-order chi connectivity index (χ0) is 18.6. The maximum Gasteiger partial charge on any atom is 0.221 e. The van der Waals surface area contributed by atoms with E-state index >= 15 is 0 Å². The van der Waals surface area contributed by atoms with E-state index < -0.39 is 0 Å². The van der Waals surface area contributed by atoms with E-state index in [1.165, 1.54) is 0 Å². The van der Waals surface area contributed by atoms with Gasteiger partial charge in [0.15, 0.2) is 0 Å². The molecule has 1 fully saturated rings. The van der Waals surface area contributed by atoms with Crippen LogP contribution in [0.25, 0.3) is 0 Å². The van der Waals surface area contributed by atoms with Crippen molar-refractivity contribution in [2.24, 2.45) is 0 Å². The molecule has 2 aliphatic rings. The Kier molecular flexibility index (Phi) is 5.35. The van der Waals surface area contributed by atoms with Gasteiger partial charge in [-0.25, -0.2) is 4.68 Å². The maximum absolute atomic E-state index is 12.2. The van der Waals surface area contributed by atoms with Gasteiger partial charge >= 0.3 is 0 Å². The van der Waals surface area contributed by atoms with E-state index in [2.05, 4.69) is 20.5 Å². The molecular formula is C19H25N5O3. The lowest BCUT2D eigenvalue weighted by atomic mass is 10.0. The van der Waals surface area contributed by atoms with Crippen molar-refractivity contribution in [1.29, 1.82) is 0 Å². The molecule has 0 spiro atoms. The summed E-state index contributed by atoms with van der Waals surface area (Å²) in [6, 6.07) is 7.91. The number of piperidine rings is 1. The van der Waals surface area contributed by atoms with Crippen molar-refractivity contribution >= 4 is 5.91 Å². The summed E-state index contributed by atoms with van der Waals surface area (Å²) in [6.07, 6.45) is 3.40. The minimum Gasteiger partial charge on any atom is -0.497 e. The van der Waals surface area contributed by atoms with Crippen LogP contribution in [0.15, 0.2) is 30.5 Å². The predicted molar refractivity (Wildman–Crippen MR) is 98.2 cm³/mol. The number of aromatic nitrogens is 3. The summed E-state index contributed by atoms with van der Waals surface area (Å²) in [5.74, 6) is 0.880. The lowest BCUT2D eigenvalue weighted by Crippen LogP contribution is -2.48. The molecular weight excluding hydrogens is 346 g/mol. The molecule has 0 saturated carbocycles. The monoisotopic (exact) mass is 371 g/mol. The van der Waals surface area contributed by atoms with Crippen LogP contribution < -0.4 is 10.1 Å². The van der Waals surface area contributed by atoms with Crippen LogP contribution in [-0.2, 0) is 22.7 Å². The first kappa shape index (κ1) is 17.9. The smallest absolute Gasteiger partial charge is 0.221 e. The van der Waals surface area contributed by atoms with Crippen molar-refractivity contribution in [3.05, 3.63) is 41.7 Å². The van der Waals surface area contributed by atoms with E-state index in [-0.39, 0.29) is 18.1 Å². The van der Waals surface area contributed by atoms with Gasteiger partial charge < -0.3 is 19.7 Å². The van der Waals surface area contributed by atoms with Crippen LogP contribution in [0.3, 0.4) is 0 Å². The van der Waals surface area contributed by atoms with Gasteiger partial charge in [-0.2, -0.15) is 0 Å². The van der Waals surface area contributed by atoms with Crippen LogP contribution in [0.5, 0.6) is 5.75 Å². The normalized spacial score (nSPS) is 22.0. The number of benzene rings is 1. The number of nitrogens with zero attached hydrogens (tertiary/aromatic N) is 4. The Hall–Kier alpha value is -2.45. The molecule has 2 atom stereocenters. The molecule has 1 aromatic carbocycles. The van der Waals surface area contributed by atoms with Crippen molar-refractivity contribution in [2.75, 3.05) is 26.7 Å². The Morgan fingerprint density at radius 2 is 2.22 bits per heavy atom.